The van der Waals surface area contributed by atoms with Gasteiger partial charge < -0.3 is 14.8 Å². The van der Waals surface area contributed by atoms with Crippen LogP contribution < -0.4 is 14.8 Å². The van der Waals surface area contributed by atoms with E-state index in [-0.39, 0.29) is 5.91 Å². The molecule has 0 atom stereocenters. The maximum atomic E-state index is 12.6. The summed E-state index contributed by atoms with van der Waals surface area (Å²) in [4.78, 5) is 14.3. The Kier molecular flexibility index (Phi) is 5.41. The van der Waals surface area contributed by atoms with Crippen molar-refractivity contribution in [1.82, 2.24) is 15.1 Å². The van der Waals surface area contributed by atoms with E-state index in [1.165, 1.54) is 16.9 Å². The molecule has 0 unspecified atom stereocenters. The lowest BCUT2D eigenvalue weighted by atomic mass is 10.1. The van der Waals surface area contributed by atoms with Gasteiger partial charge in [-0.1, -0.05) is 24.3 Å². The van der Waals surface area contributed by atoms with Gasteiger partial charge in [0.2, 0.25) is 0 Å². The number of hydrogen-bond acceptors (Lipinski definition) is 5. The van der Waals surface area contributed by atoms with Crippen molar-refractivity contribution in [3.8, 4) is 21.9 Å². The van der Waals surface area contributed by atoms with Gasteiger partial charge in [-0.25, -0.2) is 0 Å². The quantitative estimate of drug-likeness (QED) is 0.493. The number of nitrogens with zero attached hydrogens (tertiary/aromatic N) is 2. The SMILES string of the molecule is O=C(NCc1ccc(Cn2cccn2)cc1)c1ccc(-c2ccc3c(c2)OCCO3)s1. The number of aromatic nitrogens is 2. The fourth-order valence-corrected chi connectivity index (χ4v) is 4.34. The lowest BCUT2D eigenvalue weighted by Gasteiger charge is -2.18. The second-order valence-corrected chi connectivity index (χ2v) is 8.31. The third-order valence-corrected chi connectivity index (χ3v) is 6.17. The maximum absolute atomic E-state index is 12.6. The van der Waals surface area contributed by atoms with E-state index in [0.717, 1.165) is 34.0 Å². The Labute approximate surface area is 184 Å². The molecule has 0 fully saturated rings. The Bertz CT molecular complexity index is 1180. The first-order chi connectivity index (χ1) is 15.2. The summed E-state index contributed by atoms with van der Waals surface area (Å²) >= 11 is 1.47. The maximum Gasteiger partial charge on any atom is 0.261 e. The molecule has 1 aliphatic heterocycles. The zero-order valence-corrected chi connectivity index (χ0v) is 17.6. The van der Waals surface area contributed by atoms with Gasteiger partial charge in [-0.05, 0) is 53.1 Å². The lowest BCUT2D eigenvalue weighted by molar-refractivity contribution is 0.0955. The molecule has 2 aromatic carbocycles. The van der Waals surface area contributed by atoms with Gasteiger partial charge in [0.25, 0.3) is 5.91 Å². The molecule has 1 amide bonds. The van der Waals surface area contributed by atoms with Crippen molar-refractivity contribution in [2.24, 2.45) is 0 Å². The van der Waals surface area contributed by atoms with E-state index in [4.69, 9.17) is 9.47 Å². The summed E-state index contributed by atoms with van der Waals surface area (Å²) < 4.78 is 13.1. The molecule has 7 heteroatoms. The predicted molar refractivity (Wildman–Crippen MR) is 120 cm³/mol. The second-order valence-electron chi connectivity index (χ2n) is 7.23. The number of fused-ring (bicyclic) bond motifs is 1. The third kappa shape index (κ3) is 4.46. The van der Waals surface area contributed by atoms with Crippen LogP contribution in [0.1, 0.15) is 20.8 Å². The Hall–Kier alpha value is -3.58. The molecule has 5 rings (SSSR count). The molecule has 3 heterocycles. The van der Waals surface area contributed by atoms with E-state index >= 15 is 0 Å². The first-order valence-electron chi connectivity index (χ1n) is 10.1. The molecule has 0 saturated heterocycles. The second kappa shape index (κ2) is 8.65. The number of carbonyl (C=O) groups excluding carboxylic acids is 1. The molecule has 1 aliphatic rings. The van der Waals surface area contributed by atoms with Crippen LogP contribution in [0.2, 0.25) is 0 Å². The lowest BCUT2D eigenvalue weighted by Crippen LogP contribution is -2.21. The van der Waals surface area contributed by atoms with Crippen molar-refractivity contribution in [1.29, 1.82) is 0 Å². The van der Waals surface area contributed by atoms with E-state index in [0.29, 0.717) is 24.6 Å². The van der Waals surface area contributed by atoms with Crippen LogP contribution in [0.15, 0.2) is 73.1 Å². The number of benzene rings is 2. The Morgan fingerprint density at radius 3 is 2.61 bits per heavy atom. The normalized spacial score (nSPS) is 12.5. The number of amides is 1. The Morgan fingerprint density at radius 2 is 1.81 bits per heavy atom. The van der Waals surface area contributed by atoms with E-state index in [9.17, 15) is 4.79 Å². The standard InChI is InChI=1S/C24H21N3O3S/c28-24(25-15-17-2-4-18(5-3-17)16-27-11-1-10-26-27)23-9-8-22(31-23)19-6-7-20-21(14-19)30-13-12-29-20/h1-11,14H,12-13,15-16H2,(H,25,28). The van der Waals surface area contributed by atoms with E-state index in [2.05, 4.69) is 22.5 Å². The molecule has 0 radical (unpaired) electrons. The average Bonchev–Trinajstić information content (AvgIpc) is 3.51. The van der Waals surface area contributed by atoms with Crippen LogP contribution in [-0.4, -0.2) is 28.9 Å². The van der Waals surface area contributed by atoms with Crippen molar-refractivity contribution in [2.75, 3.05) is 13.2 Å². The van der Waals surface area contributed by atoms with E-state index in [1.54, 1.807) is 6.20 Å². The van der Waals surface area contributed by atoms with Crippen molar-refractivity contribution < 1.29 is 14.3 Å². The highest BCUT2D eigenvalue weighted by Crippen LogP contribution is 2.36. The minimum atomic E-state index is -0.0746. The van der Waals surface area contributed by atoms with Gasteiger partial charge in [0.05, 0.1) is 11.4 Å². The topological polar surface area (TPSA) is 65.4 Å². The smallest absolute Gasteiger partial charge is 0.261 e. The fourth-order valence-electron chi connectivity index (χ4n) is 3.42. The predicted octanol–water partition coefficient (Wildman–Crippen LogP) is 4.36. The van der Waals surface area contributed by atoms with Gasteiger partial charge in [-0.3, -0.25) is 9.48 Å². The van der Waals surface area contributed by atoms with Crippen LogP contribution in [0.25, 0.3) is 10.4 Å². The minimum Gasteiger partial charge on any atom is -0.486 e. The fraction of sp³-hybridized carbons (Fsp3) is 0.167. The van der Waals surface area contributed by atoms with Crippen molar-refractivity contribution in [2.45, 2.75) is 13.1 Å². The van der Waals surface area contributed by atoms with Crippen LogP contribution in [0.5, 0.6) is 11.5 Å². The highest BCUT2D eigenvalue weighted by molar-refractivity contribution is 7.17. The van der Waals surface area contributed by atoms with E-state index in [1.807, 2.05) is 59.4 Å². The van der Waals surface area contributed by atoms with Gasteiger partial charge >= 0.3 is 0 Å². The number of carbonyl (C=O) groups is 1. The van der Waals surface area contributed by atoms with Gasteiger partial charge in [0.1, 0.15) is 13.2 Å². The summed E-state index contributed by atoms with van der Waals surface area (Å²) in [5, 5.41) is 7.22. The summed E-state index contributed by atoms with van der Waals surface area (Å²) in [5.41, 5.74) is 3.24. The van der Waals surface area contributed by atoms with Gasteiger partial charge in [0.15, 0.2) is 11.5 Å². The van der Waals surface area contributed by atoms with Gasteiger partial charge in [-0.2, -0.15) is 5.10 Å². The van der Waals surface area contributed by atoms with Crippen LogP contribution in [-0.2, 0) is 13.1 Å². The monoisotopic (exact) mass is 431 g/mol. The molecule has 1 N–H and O–H groups in total. The summed E-state index contributed by atoms with van der Waals surface area (Å²) in [6, 6.07) is 19.8. The van der Waals surface area contributed by atoms with Crippen LogP contribution in [0, 0.1) is 0 Å². The molecule has 31 heavy (non-hydrogen) atoms. The number of nitrogens with one attached hydrogen (secondary N) is 1. The number of ether oxygens (including phenoxy) is 2. The van der Waals surface area contributed by atoms with E-state index < -0.39 is 0 Å². The summed E-state index contributed by atoms with van der Waals surface area (Å²) in [5.74, 6) is 1.44. The molecule has 4 aromatic rings. The molecule has 0 aliphatic carbocycles. The number of thiophene rings is 1. The van der Waals surface area contributed by atoms with Crippen LogP contribution >= 0.6 is 11.3 Å². The molecule has 6 nitrogen and oxygen atoms in total. The summed E-state index contributed by atoms with van der Waals surface area (Å²) in [7, 11) is 0. The highest BCUT2D eigenvalue weighted by Gasteiger charge is 2.15. The Morgan fingerprint density at radius 1 is 1.00 bits per heavy atom. The zero-order chi connectivity index (χ0) is 21.0. The Balaban J connectivity index is 1.20. The molecular formula is C24H21N3O3S. The third-order valence-electron chi connectivity index (χ3n) is 5.04. The van der Waals surface area contributed by atoms with Crippen molar-refractivity contribution in [3.63, 3.8) is 0 Å². The van der Waals surface area contributed by atoms with Crippen LogP contribution in [0.3, 0.4) is 0 Å². The average molecular weight is 432 g/mol. The highest BCUT2D eigenvalue weighted by atomic mass is 32.1. The van der Waals surface area contributed by atoms with Crippen molar-refractivity contribution in [3.05, 3.63) is 89.1 Å². The number of rotatable bonds is 6. The van der Waals surface area contributed by atoms with Crippen molar-refractivity contribution >= 4 is 17.2 Å². The summed E-state index contributed by atoms with van der Waals surface area (Å²) in [6.45, 7) is 2.34. The zero-order valence-electron chi connectivity index (χ0n) is 16.8. The van der Waals surface area contributed by atoms with Crippen LogP contribution in [0.4, 0.5) is 0 Å². The molecule has 2 aromatic heterocycles. The first-order valence-corrected chi connectivity index (χ1v) is 10.9. The minimum absolute atomic E-state index is 0.0746. The first kappa shape index (κ1) is 19.4. The summed E-state index contributed by atoms with van der Waals surface area (Å²) in [6.07, 6.45) is 3.71. The molecule has 156 valence electrons. The van der Waals surface area contributed by atoms with Gasteiger partial charge in [0, 0.05) is 23.8 Å². The molecular weight excluding hydrogens is 410 g/mol. The molecule has 0 saturated carbocycles. The molecule has 0 spiro atoms. The van der Waals surface area contributed by atoms with Gasteiger partial charge in [-0.15, -0.1) is 11.3 Å². The molecule has 0 bridgehead atoms. The number of hydrogen-bond donors (Lipinski definition) is 1. The largest absolute Gasteiger partial charge is 0.486 e.